The summed E-state index contributed by atoms with van der Waals surface area (Å²) < 4.78 is 11.2. The van der Waals surface area contributed by atoms with Crippen molar-refractivity contribution in [3.05, 3.63) is 22.2 Å². The number of halogens is 1. The average molecular weight is 345 g/mol. The van der Waals surface area contributed by atoms with Crippen LogP contribution in [0.5, 0.6) is 5.75 Å². The van der Waals surface area contributed by atoms with Crippen molar-refractivity contribution in [2.75, 3.05) is 26.1 Å². The van der Waals surface area contributed by atoms with Crippen LogP contribution < -0.4 is 15.4 Å². The highest BCUT2D eigenvalue weighted by atomic mass is 79.9. The summed E-state index contributed by atoms with van der Waals surface area (Å²) in [6.07, 6.45) is 0.764. The quantitative estimate of drug-likeness (QED) is 0.832. The Morgan fingerprint density at radius 1 is 1.40 bits per heavy atom. The van der Waals surface area contributed by atoms with Crippen LogP contribution in [0.1, 0.15) is 18.9 Å². The van der Waals surface area contributed by atoms with Crippen molar-refractivity contribution in [1.29, 1.82) is 0 Å². The number of urea groups is 1. The van der Waals surface area contributed by atoms with Crippen LogP contribution in [0.15, 0.2) is 16.6 Å². The van der Waals surface area contributed by atoms with E-state index >= 15 is 0 Å². The van der Waals surface area contributed by atoms with Crippen molar-refractivity contribution >= 4 is 27.6 Å². The van der Waals surface area contributed by atoms with Gasteiger partial charge in [0.25, 0.3) is 0 Å². The van der Waals surface area contributed by atoms with E-state index in [9.17, 15) is 4.79 Å². The number of benzene rings is 1. The second kappa shape index (κ2) is 8.11. The van der Waals surface area contributed by atoms with Gasteiger partial charge in [-0.05, 0) is 38.0 Å². The molecule has 1 rings (SSSR count). The SMILES string of the molecule is COCCC(C)NC(=O)Nc1c(C)cc(Br)cc1OC. The maximum atomic E-state index is 12.0. The summed E-state index contributed by atoms with van der Waals surface area (Å²) in [5, 5.41) is 5.69. The van der Waals surface area contributed by atoms with Gasteiger partial charge in [0, 0.05) is 24.2 Å². The zero-order valence-corrected chi connectivity index (χ0v) is 13.8. The standard InChI is InChI=1S/C14H21BrN2O3/c1-9-7-11(15)8-12(20-4)13(9)17-14(18)16-10(2)5-6-19-3/h7-8,10H,5-6H2,1-4H3,(H2,16,17,18). The number of hydrogen-bond donors (Lipinski definition) is 2. The molecule has 0 aliphatic heterocycles. The number of hydrogen-bond acceptors (Lipinski definition) is 3. The number of anilines is 1. The summed E-state index contributed by atoms with van der Waals surface area (Å²) in [6, 6.07) is 3.53. The predicted molar refractivity (Wildman–Crippen MR) is 83.5 cm³/mol. The van der Waals surface area contributed by atoms with Crippen LogP contribution in [0.3, 0.4) is 0 Å². The van der Waals surface area contributed by atoms with Crippen molar-refractivity contribution in [1.82, 2.24) is 5.32 Å². The van der Waals surface area contributed by atoms with Gasteiger partial charge in [0.1, 0.15) is 5.75 Å². The third-order valence-corrected chi connectivity index (χ3v) is 3.31. The molecule has 0 aliphatic carbocycles. The molecule has 20 heavy (non-hydrogen) atoms. The number of nitrogens with one attached hydrogen (secondary N) is 2. The average Bonchev–Trinajstić information content (AvgIpc) is 2.39. The minimum absolute atomic E-state index is 0.0386. The molecule has 0 bridgehead atoms. The molecule has 0 radical (unpaired) electrons. The highest BCUT2D eigenvalue weighted by molar-refractivity contribution is 9.10. The monoisotopic (exact) mass is 344 g/mol. The number of carbonyl (C=O) groups is 1. The molecular weight excluding hydrogens is 324 g/mol. The van der Waals surface area contributed by atoms with Crippen LogP contribution in [0.25, 0.3) is 0 Å². The largest absolute Gasteiger partial charge is 0.495 e. The minimum Gasteiger partial charge on any atom is -0.495 e. The van der Waals surface area contributed by atoms with E-state index in [1.54, 1.807) is 14.2 Å². The number of methoxy groups -OCH3 is 2. The van der Waals surface area contributed by atoms with E-state index in [1.807, 2.05) is 26.0 Å². The first-order valence-corrected chi connectivity index (χ1v) is 7.17. The van der Waals surface area contributed by atoms with Crippen LogP contribution in [-0.2, 0) is 4.74 Å². The van der Waals surface area contributed by atoms with Gasteiger partial charge in [0.15, 0.2) is 0 Å². The molecule has 1 atom stereocenters. The lowest BCUT2D eigenvalue weighted by atomic mass is 10.2. The third-order valence-electron chi connectivity index (χ3n) is 2.86. The van der Waals surface area contributed by atoms with Crippen LogP contribution in [0, 0.1) is 6.92 Å². The van der Waals surface area contributed by atoms with Crippen molar-refractivity contribution in [2.24, 2.45) is 0 Å². The van der Waals surface area contributed by atoms with Crippen molar-refractivity contribution in [2.45, 2.75) is 26.3 Å². The van der Waals surface area contributed by atoms with Gasteiger partial charge in [0.2, 0.25) is 0 Å². The maximum absolute atomic E-state index is 12.0. The lowest BCUT2D eigenvalue weighted by Crippen LogP contribution is -2.36. The molecule has 0 saturated carbocycles. The maximum Gasteiger partial charge on any atom is 0.319 e. The second-order valence-corrected chi connectivity index (χ2v) is 5.50. The Bertz CT molecular complexity index is 466. The van der Waals surface area contributed by atoms with Crippen LogP contribution in [0.4, 0.5) is 10.5 Å². The Kier molecular flexibility index (Phi) is 6.81. The van der Waals surface area contributed by atoms with Crippen LogP contribution in [0.2, 0.25) is 0 Å². The van der Waals surface area contributed by atoms with E-state index in [-0.39, 0.29) is 12.1 Å². The van der Waals surface area contributed by atoms with Gasteiger partial charge in [-0.25, -0.2) is 4.79 Å². The molecule has 0 heterocycles. The third kappa shape index (κ3) is 5.02. The van der Waals surface area contributed by atoms with Crippen molar-refractivity contribution < 1.29 is 14.3 Å². The van der Waals surface area contributed by atoms with Crippen molar-refractivity contribution in [3.8, 4) is 5.75 Å². The topological polar surface area (TPSA) is 59.6 Å². The van der Waals surface area contributed by atoms with E-state index in [1.165, 1.54) is 0 Å². The molecule has 2 amide bonds. The molecule has 0 spiro atoms. The molecule has 0 saturated heterocycles. The lowest BCUT2D eigenvalue weighted by molar-refractivity contribution is 0.185. The number of ether oxygens (including phenoxy) is 2. The fraction of sp³-hybridized carbons (Fsp3) is 0.500. The zero-order chi connectivity index (χ0) is 15.1. The molecule has 112 valence electrons. The Hall–Kier alpha value is -1.27. The molecule has 5 nitrogen and oxygen atoms in total. The summed E-state index contributed by atoms with van der Waals surface area (Å²) in [5.41, 5.74) is 1.60. The van der Waals surface area contributed by atoms with Crippen LogP contribution >= 0.6 is 15.9 Å². The highest BCUT2D eigenvalue weighted by Gasteiger charge is 2.13. The van der Waals surface area contributed by atoms with Crippen molar-refractivity contribution in [3.63, 3.8) is 0 Å². The molecule has 6 heteroatoms. The van der Waals surface area contributed by atoms with Gasteiger partial charge in [0.05, 0.1) is 12.8 Å². The van der Waals surface area contributed by atoms with Gasteiger partial charge in [-0.1, -0.05) is 15.9 Å². The van der Waals surface area contributed by atoms with Crippen LogP contribution in [-0.4, -0.2) is 32.9 Å². The predicted octanol–water partition coefficient (Wildman–Crippen LogP) is 3.31. The number of aryl methyl sites for hydroxylation is 1. The smallest absolute Gasteiger partial charge is 0.319 e. The lowest BCUT2D eigenvalue weighted by Gasteiger charge is -2.17. The molecule has 1 aromatic rings. The Balaban J connectivity index is 2.70. The van der Waals surface area contributed by atoms with Gasteiger partial charge in [-0.15, -0.1) is 0 Å². The first-order valence-electron chi connectivity index (χ1n) is 6.38. The fourth-order valence-electron chi connectivity index (χ4n) is 1.77. The van der Waals surface area contributed by atoms with E-state index in [4.69, 9.17) is 9.47 Å². The Morgan fingerprint density at radius 2 is 2.10 bits per heavy atom. The van der Waals surface area contributed by atoms with Gasteiger partial charge in [-0.2, -0.15) is 0 Å². The van der Waals surface area contributed by atoms with E-state index in [0.29, 0.717) is 18.0 Å². The first kappa shape index (κ1) is 16.8. The molecule has 1 aromatic carbocycles. The summed E-state index contributed by atoms with van der Waals surface area (Å²) in [4.78, 5) is 12.0. The summed E-state index contributed by atoms with van der Waals surface area (Å²) in [5.74, 6) is 0.622. The second-order valence-electron chi connectivity index (χ2n) is 4.58. The molecule has 2 N–H and O–H groups in total. The fourth-order valence-corrected chi connectivity index (χ4v) is 2.33. The van der Waals surface area contributed by atoms with E-state index in [2.05, 4.69) is 26.6 Å². The summed E-state index contributed by atoms with van der Waals surface area (Å²) in [6.45, 7) is 4.46. The molecule has 0 aromatic heterocycles. The van der Waals surface area contributed by atoms with Gasteiger partial charge >= 0.3 is 6.03 Å². The first-order chi connectivity index (χ1) is 9.47. The Morgan fingerprint density at radius 3 is 2.70 bits per heavy atom. The molecule has 1 unspecified atom stereocenters. The minimum atomic E-state index is -0.252. The zero-order valence-electron chi connectivity index (χ0n) is 12.2. The summed E-state index contributed by atoms with van der Waals surface area (Å²) >= 11 is 3.40. The molecular formula is C14H21BrN2O3. The molecule has 0 fully saturated rings. The number of amides is 2. The summed E-state index contributed by atoms with van der Waals surface area (Å²) in [7, 11) is 3.22. The highest BCUT2D eigenvalue weighted by Crippen LogP contribution is 2.31. The van der Waals surface area contributed by atoms with E-state index in [0.717, 1.165) is 16.5 Å². The number of carbonyl (C=O) groups excluding carboxylic acids is 1. The number of rotatable bonds is 6. The normalized spacial score (nSPS) is 11.8. The van der Waals surface area contributed by atoms with Gasteiger partial charge in [-0.3, -0.25) is 0 Å². The Labute approximate surface area is 128 Å². The molecule has 0 aliphatic rings. The van der Waals surface area contributed by atoms with E-state index < -0.39 is 0 Å². The van der Waals surface area contributed by atoms with Gasteiger partial charge < -0.3 is 20.1 Å².